The van der Waals surface area contributed by atoms with Crippen molar-refractivity contribution in [1.29, 1.82) is 0 Å². The van der Waals surface area contributed by atoms with Crippen molar-refractivity contribution in [3.05, 3.63) is 435 Å². The Kier molecular flexibility index (Phi) is 20.9. The summed E-state index contributed by atoms with van der Waals surface area (Å²) in [5.41, 5.74) is 26.3. The van der Waals surface area contributed by atoms with Crippen molar-refractivity contribution >= 4 is 0 Å². The molecule has 137 heavy (non-hydrogen) atoms. The highest BCUT2D eigenvalue weighted by Gasteiger charge is 2.29. The molecule has 0 atom stereocenters. The molecule has 0 N–H and O–H groups in total. The first-order chi connectivity index (χ1) is 78.3. The average molecular weight is 1830 g/mol. The van der Waals surface area contributed by atoms with Crippen molar-refractivity contribution in [3.63, 3.8) is 0 Å². The molecule has 0 unspecified atom stereocenters. The van der Waals surface area contributed by atoms with Crippen molar-refractivity contribution in [2.75, 3.05) is 0 Å². The second-order valence-corrected chi connectivity index (χ2v) is 37.3. The minimum absolute atomic E-state index is 0.0377. The van der Waals surface area contributed by atoms with E-state index >= 15 is 0 Å². The monoisotopic (exact) mass is 1830 g/mol. The lowest BCUT2D eigenvalue weighted by Gasteiger charge is -2.23. The fourth-order valence-electron chi connectivity index (χ4n) is 18.7. The molecule has 5 heterocycles. The van der Waals surface area contributed by atoms with Crippen molar-refractivity contribution < 1.29 is 65.3 Å². The van der Waals surface area contributed by atoms with Gasteiger partial charge in [0.25, 0.3) is 0 Å². The minimum Gasteiger partial charge on any atom is -0.201 e. The van der Waals surface area contributed by atoms with Gasteiger partial charge in [0.1, 0.15) is 35.2 Å². The van der Waals surface area contributed by atoms with Gasteiger partial charge in [-0.2, -0.15) is 0 Å². The summed E-state index contributed by atoms with van der Waals surface area (Å²) in [4.78, 5) is 0. The van der Waals surface area contributed by atoms with Crippen LogP contribution in [0, 0.1) is 102 Å². The first-order valence-electron chi connectivity index (χ1n) is 62.6. The molecule has 2 aliphatic rings. The van der Waals surface area contributed by atoms with E-state index in [2.05, 4.69) is 78.2 Å². The average Bonchev–Trinajstić information content (AvgIpc) is 1.03. The summed E-state index contributed by atoms with van der Waals surface area (Å²) in [6, 6.07) is 96.8. The van der Waals surface area contributed by atoms with Gasteiger partial charge in [-0.3, -0.25) is 0 Å². The third kappa shape index (κ3) is 23.4. The number of pyridine rings is 5. The molecule has 2 fully saturated rings. The minimum atomic E-state index is -2.50. The van der Waals surface area contributed by atoms with Crippen LogP contribution in [-0.4, -0.2) is 0 Å². The SMILES string of the molecule is [2H]C([2H])([2H])c1cc(C)c(-c2cc(C([2H])([2H])C(C)(C)C)c(C([2H])([2H])[2H])c[n+]2C)cc1-c1ccccc1.[2H]C([2H])([2H])c1cc(C)c(-c2cc(C3([2H])CCCC3)c(C([2H])([2H])[2H])c[n+]2C)cc1-c1ccccc1.[2H]C([2H])([2H])c1cc(C)c(-c2cc(C3([2H])CCCCC3)c(C([2H])([2H])[2H])c[n+]2C)cc1-c1ccccc1.[2H]C([2H])([2H])c1cccc(C([2H])([2H])[2H])c1-c1cc[n+](C)c(-c2cc(-c3ccccc3)ccc2C)c1.[2H]C([2H])([2H])c1ccccc1-c1cc[n+](C)c(-c2cc(-c3ccccc3)ccc2C)c1. The Labute approximate surface area is 864 Å². The van der Waals surface area contributed by atoms with Crippen LogP contribution in [0.1, 0.15) is 227 Å². The second kappa shape index (κ2) is 44.0. The lowest BCUT2D eigenvalue weighted by atomic mass is 9.82. The summed E-state index contributed by atoms with van der Waals surface area (Å²) in [6.07, 6.45) is 13.9. The fraction of sp³-hybridized carbons (Fsp3) is 0.265. The highest BCUT2D eigenvalue weighted by Crippen LogP contribution is 2.43. The number of hydrogen-bond acceptors (Lipinski definition) is 0. The zero-order chi connectivity index (χ0) is 123. The summed E-state index contributed by atoms with van der Waals surface area (Å²) in [7, 11) is 9.28. The van der Waals surface area contributed by atoms with Crippen LogP contribution >= 0.6 is 0 Å². The van der Waals surface area contributed by atoms with Gasteiger partial charge in [-0.25, -0.2) is 22.8 Å². The molecule has 2 saturated carbocycles. The first-order valence-corrected chi connectivity index (χ1v) is 47.1. The van der Waals surface area contributed by atoms with Gasteiger partial charge in [-0.1, -0.05) is 289 Å². The van der Waals surface area contributed by atoms with Gasteiger partial charge in [0, 0.05) is 129 Å². The molecule has 5 aromatic heterocycles. The van der Waals surface area contributed by atoms with Gasteiger partial charge < -0.3 is 0 Å². The van der Waals surface area contributed by atoms with Crippen LogP contribution in [0.25, 0.3) is 134 Å². The van der Waals surface area contributed by atoms with Gasteiger partial charge >= 0.3 is 0 Å². The molecule has 19 rings (SSSR count). The van der Waals surface area contributed by atoms with Gasteiger partial charge in [-0.15, -0.1) is 0 Å². The van der Waals surface area contributed by atoms with Crippen LogP contribution in [0.15, 0.2) is 340 Å². The summed E-state index contributed by atoms with van der Waals surface area (Å²) in [5.74, 6) is -1.87. The molecule has 0 spiro atoms. The smallest absolute Gasteiger partial charge is 0.201 e. The molecule has 0 bridgehead atoms. The normalized spacial score (nSPS) is 17.3. The molecule has 692 valence electrons. The van der Waals surface area contributed by atoms with Crippen LogP contribution in [-0.2, 0) is 41.6 Å². The third-order valence-corrected chi connectivity index (χ3v) is 26.1. The molecule has 2 aliphatic carbocycles. The van der Waals surface area contributed by atoms with E-state index < -0.39 is 85.2 Å². The Morgan fingerprint density at radius 2 is 0.577 bits per heavy atom. The predicted molar refractivity (Wildman–Crippen MR) is 580 cm³/mol. The molecule has 5 heteroatoms. The van der Waals surface area contributed by atoms with E-state index in [1.165, 1.54) is 35.5 Å². The molecule has 0 amide bonds. The van der Waals surface area contributed by atoms with E-state index in [4.69, 9.17) is 41.1 Å². The van der Waals surface area contributed by atoms with Crippen LogP contribution in [0.3, 0.4) is 0 Å². The zero-order valence-electron chi connectivity index (χ0n) is 112. The maximum absolute atomic E-state index is 9.22. The van der Waals surface area contributed by atoms with Crippen LogP contribution in [0.2, 0.25) is 0 Å². The van der Waals surface area contributed by atoms with Crippen LogP contribution in [0.4, 0.5) is 0 Å². The van der Waals surface area contributed by atoms with Crippen LogP contribution < -0.4 is 22.8 Å². The number of nitrogens with zero attached hydrogens (tertiary/aromatic N) is 5. The van der Waals surface area contributed by atoms with E-state index in [0.29, 0.717) is 81.4 Å². The first kappa shape index (κ1) is 65.2. The largest absolute Gasteiger partial charge is 0.213 e. The van der Waals surface area contributed by atoms with Crippen molar-refractivity contribution in [2.45, 2.75) is 193 Å². The Balaban J connectivity index is 0.000000154. The Hall–Kier alpha value is -13.6. The molecule has 0 saturated heterocycles. The van der Waals surface area contributed by atoms with Gasteiger partial charge in [0.15, 0.2) is 31.0 Å². The lowest BCUT2D eigenvalue weighted by Crippen LogP contribution is -2.32. The third-order valence-electron chi connectivity index (χ3n) is 26.1. The van der Waals surface area contributed by atoms with Crippen molar-refractivity contribution in [3.8, 4) is 134 Å². The topological polar surface area (TPSA) is 19.4 Å². The highest BCUT2D eigenvalue weighted by molar-refractivity contribution is 5.82. The van der Waals surface area contributed by atoms with Crippen LogP contribution in [0.5, 0.6) is 0 Å². The second-order valence-electron chi connectivity index (χ2n) is 37.3. The van der Waals surface area contributed by atoms with E-state index in [0.717, 1.165) is 138 Å². The number of rotatable bonds is 15. The van der Waals surface area contributed by atoms with Crippen molar-refractivity contribution in [2.24, 2.45) is 40.7 Å². The number of aromatic nitrogens is 5. The van der Waals surface area contributed by atoms with Gasteiger partial charge in [0.2, 0.25) is 28.5 Å². The molecule has 12 aromatic carbocycles. The zero-order valence-corrected chi connectivity index (χ0v) is 80.9. The highest BCUT2D eigenvalue weighted by atomic mass is 14.9. The lowest BCUT2D eigenvalue weighted by molar-refractivity contribution is -0.661. The maximum Gasteiger partial charge on any atom is 0.213 e. The summed E-state index contributed by atoms with van der Waals surface area (Å²) >= 11 is 0. The van der Waals surface area contributed by atoms with Gasteiger partial charge in [-0.05, 0) is 332 Å². The summed E-state index contributed by atoms with van der Waals surface area (Å²) < 4.78 is 263. The van der Waals surface area contributed by atoms with Gasteiger partial charge in [0.05, 0.1) is 0 Å². The number of benzene rings is 12. The Morgan fingerprint density at radius 3 is 0.971 bits per heavy atom. The van der Waals surface area contributed by atoms with E-state index in [1.807, 2.05) is 248 Å². The standard InChI is InChI=1S/C27H32N.C27H26N.C26H30N.C26H24N.C26H32N/c1-19-15-20(2)26(16-24(19)22-11-7-5-8-12-22)27-17-25(21(3)18-28(27)4)23-13-9-6-10-14-23;1-19-13-14-23(22-11-6-5-7-12-22)17-25(19)26-18-24(15-16-28(26)4)27-20(2)9-8-10-21(27)3;1-18-14-19(2)25(15-23(18)21-10-6-5-7-11-21)26-16-24(20(3)17-27(26)4)22-12-8-9-13-22;1-19-9-7-8-12-24(19)23-15-16-27(3)26(18-23)25-17-22(14-13-20(25)2)21-10-5-4-6-11-21;1-18-13-19(2)24(15-23(18)21-11-9-8-10-12-21)25-14-22(16-26(4,5)6)20(3)17-27(25)7/h5,7-8,11-12,15-18,23H,6,9-10,13-14H2,1-4H3;5-18H,1-4H3;5-7,10-11,14-17,22H,8-9,12-13H2,1-4H3;4-18H,1-3H3;8-15,17H,16H2,1-7H3/q5*+1/i1D3,3D3,23D;2D3,3D3;1D3,3D3,22D;1D3;1D3,3D3,16D2. The molecular weight excluding hydrogens is 1660 g/mol. The molecular formula is C132H144N5+5. The molecule has 0 aliphatic heterocycles. The van der Waals surface area contributed by atoms with Crippen molar-refractivity contribution in [1.82, 2.24) is 0 Å². The molecule has 0 radical (unpaired) electrons. The maximum atomic E-state index is 9.22. The predicted octanol–water partition coefficient (Wildman–Crippen LogP) is 32.2. The number of hydrogen-bond donors (Lipinski definition) is 0. The quantitative estimate of drug-likeness (QED) is 0.0912. The Bertz CT molecular complexity index is 8450. The number of aryl methyl sites for hydroxylation is 19. The molecule has 5 nitrogen and oxygen atoms in total. The van der Waals surface area contributed by atoms with E-state index in [1.54, 1.807) is 103 Å². The fourth-order valence-corrected chi connectivity index (χ4v) is 18.7. The Morgan fingerprint density at radius 1 is 0.248 bits per heavy atom. The summed E-state index contributed by atoms with van der Waals surface area (Å²) in [6.45, 7) is -6.14. The summed E-state index contributed by atoms with van der Waals surface area (Å²) in [5, 5.41) is 0. The van der Waals surface area contributed by atoms with E-state index in [9.17, 15) is 1.37 Å². The molecule has 17 aromatic rings. The van der Waals surface area contributed by atoms with E-state index in [-0.39, 0.29) is 55.6 Å².